The van der Waals surface area contributed by atoms with Gasteiger partial charge in [0, 0.05) is 43.3 Å². The van der Waals surface area contributed by atoms with Crippen molar-refractivity contribution in [1.82, 2.24) is 29.8 Å². The Labute approximate surface area is 219 Å². The fourth-order valence-electron chi connectivity index (χ4n) is 3.74. The lowest BCUT2D eigenvalue weighted by Crippen LogP contribution is -2.50. The number of hydrogen-bond donors (Lipinski definition) is 0. The number of hydrogen-bond acceptors (Lipinski definition) is 9. The van der Waals surface area contributed by atoms with Crippen LogP contribution in [0, 0.1) is 0 Å². The van der Waals surface area contributed by atoms with Crippen LogP contribution in [0.1, 0.15) is 26.5 Å². The SMILES string of the molecule is CC(C)(C)OC(=O)N1CCN(c2nc(-c3nc(-c4ccc(-n5ccc(C(F)(F)F)n5)cc4)no3)cs2)CC1. The third-order valence-electron chi connectivity index (χ3n) is 5.61. The molecular weight excluding hydrogens is 523 g/mol. The van der Waals surface area contributed by atoms with Gasteiger partial charge in [0.2, 0.25) is 5.82 Å². The molecule has 4 aromatic rings. The highest BCUT2D eigenvalue weighted by Crippen LogP contribution is 2.30. The van der Waals surface area contributed by atoms with Crippen molar-refractivity contribution >= 4 is 22.6 Å². The van der Waals surface area contributed by atoms with E-state index in [0.29, 0.717) is 48.9 Å². The van der Waals surface area contributed by atoms with Crippen LogP contribution >= 0.6 is 11.3 Å². The smallest absolute Gasteiger partial charge is 0.435 e. The minimum Gasteiger partial charge on any atom is -0.444 e. The fourth-order valence-corrected chi connectivity index (χ4v) is 4.59. The number of aromatic nitrogens is 5. The number of benzene rings is 1. The normalized spacial score (nSPS) is 14.7. The second-order valence-electron chi connectivity index (χ2n) is 9.58. The number of halogens is 3. The molecule has 0 unspecified atom stereocenters. The van der Waals surface area contributed by atoms with Crippen molar-refractivity contribution in [2.75, 3.05) is 31.1 Å². The van der Waals surface area contributed by atoms with E-state index in [2.05, 4.69) is 25.1 Å². The predicted octanol–water partition coefficient (Wildman–Crippen LogP) is 5.12. The Bertz CT molecular complexity index is 1410. The van der Waals surface area contributed by atoms with Gasteiger partial charge in [-0.1, -0.05) is 5.16 Å². The van der Waals surface area contributed by atoms with E-state index in [1.807, 2.05) is 26.2 Å². The molecule has 1 aromatic carbocycles. The minimum absolute atomic E-state index is 0.251. The molecule has 5 rings (SSSR count). The van der Waals surface area contributed by atoms with Crippen LogP contribution in [-0.2, 0) is 10.9 Å². The summed E-state index contributed by atoms with van der Waals surface area (Å²) < 4.78 is 50.5. The topological polar surface area (TPSA) is 102 Å². The van der Waals surface area contributed by atoms with Crippen LogP contribution < -0.4 is 4.90 Å². The molecule has 3 aromatic heterocycles. The van der Waals surface area contributed by atoms with E-state index in [1.54, 1.807) is 29.2 Å². The van der Waals surface area contributed by atoms with Crippen LogP contribution in [0.4, 0.5) is 23.1 Å². The summed E-state index contributed by atoms with van der Waals surface area (Å²) in [5.41, 5.74) is 0.122. The van der Waals surface area contributed by atoms with Crippen molar-refractivity contribution in [1.29, 1.82) is 0 Å². The van der Waals surface area contributed by atoms with Gasteiger partial charge < -0.3 is 19.1 Å². The summed E-state index contributed by atoms with van der Waals surface area (Å²) in [6.45, 7) is 7.82. The summed E-state index contributed by atoms with van der Waals surface area (Å²) in [7, 11) is 0. The van der Waals surface area contributed by atoms with E-state index in [9.17, 15) is 18.0 Å². The molecule has 10 nitrogen and oxygen atoms in total. The molecule has 0 atom stereocenters. The zero-order valence-corrected chi connectivity index (χ0v) is 21.6. The monoisotopic (exact) mass is 547 g/mol. The van der Waals surface area contributed by atoms with Crippen LogP contribution in [0.3, 0.4) is 0 Å². The molecule has 0 saturated carbocycles. The molecule has 0 bridgehead atoms. The van der Waals surface area contributed by atoms with E-state index in [1.165, 1.54) is 17.5 Å². The Morgan fingerprint density at radius 1 is 1.03 bits per heavy atom. The summed E-state index contributed by atoms with van der Waals surface area (Å²) in [4.78, 5) is 25.1. The highest BCUT2D eigenvalue weighted by atomic mass is 32.1. The van der Waals surface area contributed by atoms with Gasteiger partial charge in [0.15, 0.2) is 10.8 Å². The lowest BCUT2D eigenvalue weighted by molar-refractivity contribution is -0.141. The van der Waals surface area contributed by atoms with Crippen molar-refractivity contribution in [3.63, 3.8) is 0 Å². The van der Waals surface area contributed by atoms with Gasteiger partial charge in [-0.05, 0) is 51.1 Å². The number of rotatable bonds is 4. The van der Waals surface area contributed by atoms with Crippen LogP contribution in [0.15, 0.2) is 46.4 Å². The Kier molecular flexibility index (Phi) is 6.59. The predicted molar refractivity (Wildman–Crippen MR) is 133 cm³/mol. The summed E-state index contributed by atoms with van der Waals surface area (Å²) >= 11 is 1.44. The van der Waals surface area contributed by atoms with Crippen LogP contribution in [0.25, 0.3) is 28.7 Å². The molecule has 14 heteroatoms. The minimum atomic E-state index is -4.50. The molecule has 0 aliphatic carbocycles. The number of thiazole rings is 1. The van der Waals surface area contributed by atoms with E-state index in [-0.39, 0.29) is 12.0 Å². The molecule has 1 aliphatic heterocycles. The molecule has 4 heterocycles. The van der Waals surface area contributed by atoms with Gasteiger partial charge in [-0.3, -0.25) is 0 Å². The number of alkyl halides is 3. The second kappa shape index (κ2) is 9.74. The first-order valence-corrected chi connectivity index (χ1v) is 12.6. The number of carbonyl (C=O) groups is 1. The van der Waals surface area contributed by atoms with Gasteiger partial charge >= 0.3 is 12.3 Å². The van der Waals surface area contributed by atoms with Crippen molar-refractivity contribution in [3.05, 3.63) is 47.6 Å². The van der Waals surface area contributed by atoms with Gasteiger partial charge in [0.05, 0.1) is 5.69 Å². The van der Waals surface area contributed by atoms with Gasteiger partial charge in [0.1, 0.15) is 11.3 Å². The van der Waals surface area contributed by atoms with Crippen LogP contribution in [0.5, 0.6) is 0 Å². The van der Waals surface area contributed by atoms with Gasteiger partial charge in [-0.15, -0.1) is 11.3 Å². The lowest BCUT2D eigenvalue weighted by Gasteiger charge is -2.35. The molecule has 1 amide bonds. The van der Waals surface area contributed by atoms with Crippen molar-refractivity contribution in [3.8, 4) is 28.7 Å². The fraction of sp³-hybridized carbons (Fsp3) is 0.375. The Balaban J connectivity index is 1.22. The summed E-state index contributed by atoms with van der Waals surface area (Å²) in [5, 5.41) is 10.2. The van der Waals surface area contributed by atoms with Gasteiger partial charge in [-0.25, -0.2) is 14.5 Å². The van der Waals surface area contributed by atoms with E-state index >= 15 is 0 Å². The number of amides is 1. The quantitative estimate of drug-likeness (QED) is 0.347. The third kappa shape index (κ3) is 5.64. The van der Waals surface area contributed by atoms with E-state index < -0.39 is 17.5 Å². The van der Waals surface area contributed by atoms with E-state index in [0.717, 1.165) is 15.9 Å². The molecule has 200 valence electrons. The van der Waals surface area contributed by atoms with Crippen molar-refractivity contribution < 1.29 is 27.2 Å². The summed E-state index contributed by atoms with van der Waals surface area (Å²) in [5.74, 6) is 0.574. The maximum Gasteiger partial charge on any atom is 0.435 e. The molecule has 1 saturated heterocycles. The first-order chi connectivity index (χ1) is 18.0. The van der Waals surface area contributed by atoms with Crippen molar-refractivity contribution in [2.24, 2.45) is 0 Å². The Hall–Kier alpha value is -3.94. The largest absolute Gasteiger partial charge is 0.444 e. The third-order valence-corrected chi connectivity index (χ3v) is 6.51. The number of nitrogens with zero attached hydrogens (tertiary/aromatic N) is 7. The lowest BCUT2D eigenvalue weighted by atomic mass is 10.2. The Morgan fingerprint density at radius 2 is 1.74 bits per heavy atom. The maximum atomic E-state index is 12.8. The molecule has 38 heavy (non-hydrogen) atoms. The molecule has 0 spiro atoms. The maximum absolute atomic E-state index is 12.8. The Morgan fingerprint density at radius 3 is 2.37 bits per heavy atom. The first-order valence-electron chi connectivity index (χ1n) is 11.7. The molecule has 1 fully saturated rings. The average molecular weight is 548 g/mol. The average Bonchev–Trinajstić information content (AvgIpc) is 3.63. The van der Waals surface area contributed by atoms with Gasteiger partial charge in [0.25, 0.3) is 5.89 Å². The molecular formula is C24H24F3N7O3S. The second-order valence-corrected chi connectivity index (χ2v) is 10.4. The van der Waals surface area contributed by atoms with Crippen LogP contribution in [-0.4, -0.2) is 67.7 Å². The zero-order chi connectivity index (χ0) is 27.1. The highest BCUT2D eigenvalue weighted by Gasteiger charge is 2.33. The standard InChI is InChI=1S/C24H24F3N7O3S/c1-23(2,3)36-22(35)33-12-10-32(11-13-33)21-28-17(14-38-21)20-29-19(31-37-20)15-4-6-16(7-5-15)34-9-8-18(30-34)24(25,26)27/h4-9,14H,10-13H2,1-3H3. The number of carbonyl (C=O) groups excluding carboxylic acids is 1. The highest BCUT2D eigenvalue weighted by molar-refractivity contribution is 7.14. The molecule has 0 radical (unpaired) electrons. The van der Waals surface area contributed by atoms with Crippen molar-refractivity contribution in [2.45, 2.75) is 32.5 Å². The first kappa shape index (κ1) is 25.7. The zero-order valence-electron chi connectivity index (χ0n) is 20.8. The van der Waals surface area contributed by atoms with E-state index in [4.69, 9.17) is 9.26 Å². The summed E-state index contributed by atoms with van der Waals surface area (Å²) in [6.07, 6.45) is -3.57. The molecule has 0 N–H and O–H groups in total. The number of anilines is 1. The van der Waals surface area contributed by atoms with Crippen LogP contribution in [0.2, 0.25) is 0 Å². The van der Waals surface area contributed by atoms with Gasteiger partial charge in [-0.2, -0.15) is 23.3 Å². The summed E-state index contributed by atoms with van der Waals surface area (Å²) in [6, 6.07) is 7.51. The number of piperazine rings is 1. The number of ether oxygens (including phenoxy) is 1. The molecule has 1 aliphatic rings.